The molecule has 66 valence electrons. The van der Waals surface area contributed by atoms with Crippen molar-refractivity contribution in [3.8, 4) is 0 Å². The monoisotopic (exact) mass is 220 g/mol. The Morgan fingerprint density at radius 2 is 1.75 bits per heavy atom. The van der Waals surface area contributed by atoms with E-state index in [1.807, 2.05) is 31.2 Å². The Kier molecular flexibility index (Phi) is 3.32. The summed E-state index contributed by atoms with van der Waals surface area (Å²) in [6.07, 6.45) is 0. The van der Waals surface area contributed by atoms with Gasteiger partial charge in [0.15, 0.2) is 0 Å². The second kappa shape index (κ2) is 3.90. The second-order valence-corrected chi connectivity index (χ2v) is 8.33. The maximum absolute atomic E-state index is 8.98. The summed E-state index contributed by atoms with van der Waals surface area (Å²) in [5.74, 6) is 0. The van der Waals surface area contributed by atoms with Gasteiger partial charge in [-0.3, -0.25) is 0 Å². The highest BCUT2D eigenvalue weighted by Crippen LogP contribution is 2.54. The number of hydrogen-bond acceptors (Lipinski definition) is 2. The average molecular weight is 220 g/mol. The van der Waals surface area contributed by atoms with Crippen molar-refractivity contribution in [2.45, 2.75) is 11.8 Å². The Hall–Kier alpha value is 0.140. The lowest BCUT2D eigenvalue weighted by Crippen LogP contribution is -1.74. The maximum Gasteiger partial charge on any atom is 0.246 e. The summed E-state index contributed by atoms with van der Waals surface area (Å²) in [5, 5.41) is 0. The third-order valence-corrected chi connectivity index (χ3v) is 3.98. The zero-order valence-corrected chi connectivity index (χ0v) is 8.99. The molecule has 1 rings (SSSR count). The van der Waals surface area contributed by atoms with E-state index in [-0.39, 0.29) is 0 Å². The standard InChI is InChI=1S/C7H9O2PS2/c1-6-2-4-7(5-3-6)12-10(8,9)11/h2-5H,1H3,(H2,8,9,11). The number of hydrogen-bond donors (Lipinski definition) is 2. The van der Waals surface area contributed by atoms with Gasteiger partial charge in [-0.2, -0.15) is 0 Å². The van der Waals surface area contributed by atoms with Crippen LogP contribution in [0.1, 0.15) is 5.56 Å². The molecule has 1 aromatic carbocycles. The van der Waals surface area contributed by atoms with Gasteiger partial charge in [0.25, 0.3) is 0 Å². The van der Waals surface area contributed by atoms with Crippen LogP contribution in [0.2, 0.25) is 0 Å². The smallest absolute Gasteiger partial charge is 0.246 e. The SMILES string of the molecule is Cc1ccc(SP(O)(O)=S)cc1. The summed E-state index contributed by atoms with van der Waals surface area (Å²) in [4.78, 5) is 18.8. The molecule has 5 heteroatoms. The van der Waals surface area contributed by atoms with Gasteiger partial charge in [-0.05, 0) is 42.2 Å². The highest BCUT2D eigenvalue weighted by Gasteiger charge is 2.08. The van der Waals surface area contributed by atoms with Crippen LogP contribution in [0.5, 0.6) is 0 Å². The minimum Gasteiger partial charge on any atom is -0.337 e. The van der Waals surface area contributed by atoms with Crippen LogP contribution in [-0.4, -0.2) is 9.79 Å². The normalized spacial score (nSPS) is 11.6. The predicted octanol–water partition coefficient (Wildman–Crippen LogP) is 2.30. The average Bonchev–Trinajstić information content (AvgIpc) is 1.91. The summed E-state index contributed by atoms with van der Waals surface area (Å²) < 4.78 is 0. The van der Waals surface area contributed by atoms with Crippen LogP contribution in [0.25, 0.3) is 0 Å². The van der Waals surface area contributed by atoms with Crippen molar-refractivity contribution < 1.29 is 9.79 Å². The molecule has 0 saturated carbocycles. The zero-order valence-electron chi connectivity index (χ0n) is 6.47. The first-order valence-corrected chi connectivity index (χ1v) is 7.42. The lowest BCUT2D eigenvalue weighted by molar-refractivity contribution is 0.502. The van der Waals surface area contributed by atoms with Crippen LogP contribution < -0.4 is 0 Å². The molecule has 0 atom stereocenters. The van der Waals surface area contributed by atoms with Gasteiger partial charge in [0.1, 0.15) is 0 Å². The van der Waals surface area contributed by atoms with Crippen LogP contribution in [-0.2, 0) is 11.8 Å². The molecule has 0 spiro atoms. The van der Waals surface area contributed by atoms with E-state index >= 15 is 0 Å². The summed E-state index contributed by atoms with van der Waals surface area (Å²) in [6.45, 7) is 1.97. The minimum atomic E-state index is -3.15. The third kappa shape index (κ3) is 3.70. The molecular weight excluding hydrogens is 211 g/mol. The summed E-state index contributed by atoms with van der Waals surface area (Å²) in [7, 11) is 0. The van der Waals surface area contributed by atoms with E-state index in [0.29, 0.717) is 0 Å². The van der Waals surface area contributed by atoms with Crippen LogP contribution in [0.15, 0.2) is 29.2 Å². The van der Waals surface area contributed by atoms with Crippen molar-refractivity contribution in [3.05, 3.63) is 29.8 Å². The lowest BCUT2D eigenvalue weighted by atomic mass is 10.2. The summed E-state index contributed by atoms with van der Waals surface area (Å²) >= 11 is 5.43. The van der Waals surface area contributed by atoms with E-state index in [4.69, 9.17) is 9.79 Å². The molecule has 0 aliphatic carbocycles. The van der Waals surface area contributed by atoms with E-state index < -0.39 is 5.69 Å². The maximum atomic E-state index is 8.98. The molecule has 0 saturated heterocycles. The zero-order chi connectivity index (χ0) is 9.19. The molecule has 0 radical (unpaired) electrons. The van der Waals surface area contributed by atoms with Crippen LogP contribution >= 0.6 is 17.1 Å². The Morgan fingerprint density at radius 3 is 2.17 bits per heavy atom. The fourth-order valence-corrected chi connectivity index (χ4v) is 3.23. The van der Waals surface area contributed by atoms with Gasteiger partial charge in [0, 0.05) is 4.90 Å². The molecule has 0 heterocycles. The first-order valence-electron chi connectivity index (χ1n) is 3.29. The largest absolute Gasteiger partial charge is 0.337 e. The van der Waals surface area contributed by atoms with E-state index in [9.17, 15) is 0 Å². The summed E-state index contributed by atoms with van der Waals surface area (Å²) in [6, 6.07) is 7.47. The molecular formula is C7H9O2PS2. The first-order chi connectivity index (χ1) is 5.47. The highest BCUT2D eigenvalue weighted by molar-refractivity contribution is 8.67. The van der Waals surface area contributed by atoms with Crippen LogP contribution in [0, 0.1) is 6.92 Å². The molecule has 0 aliphatic rings. The number of aryl methyl sites for hydroxylation is 1. The van der Waals surface area contributed by atoms with E-state index in [0.717, 1.165) is 21.8 Å². The van der Waals surface area contributed by atoms with Gasteiger partial charge in [-0.25, -0.2) is 0 Å². The van der Waals surface area contributed by atoms with Gasteiger partial charge in [0.05, 0.1) is 0 Å². The molecule has 0 aliphatic heterocycles. The topological polar surface area (TPSA) is 40.5 Å². The molecule has 0 unspecified atom stereocenters. The van der Waals surface area contributed by atoms with Crippen LogP contribution in [0.4, 0.5) is 0 Å². The van der Waals surface area contributed by atoms with Crippen molar-refractivity contribution in [1.82, 2.24) is 0 Å². The molecule has 0 aromatic heterocycles. The molecule has 1 aromatic rings. The molecule has 2 N–H and O–H groups in total. The molecule has 0 amide bonds. The fraction of sp³-hybridized carbons (Fsp3) is 0.143. The van der Waals surface area contributed by atoms with E-state index in [1.165, 1.54) is 0 Å². The minimum absolute atomic E-state index is 0.800. The van der Waals surface area contributed by atoms with Crippen molar-refractivity contribution in [3.63, 3.8) is 0 Å². The van der Waals surface area contributed by atoms with Crippen molar-refractivity contribution in [2.24, 2.45) is 0 Å². The Morgan fingerprint density at radius 1 is 1.25 bits per heavy atom. The molecule has 0 bridgehead atoms. The van der Waals surface area contributed by atoms with Gasteiger partial charge in [-0.15, -0.1) is 0 Å². The Bertz CT molecular complexity index is 304. The second-order valence-electron chi connectivity index (χ2n) is 2.39. The highest BCUT2D eigenvalue weighted by atomic mass is 32.9. The van der Waals surface area contributed by atoms with Gasteiger partial charge in [0.2, 0.25) is 5.69 Å². The van der Waals surface area contributed by atoms with Crippen molar-refractivity contribution in [2.75, 3.05) is 0 Å². The Labute approximate surface area is 80.5 Å². The quantitative estimate of drug-likeness (QED) is 0.750. The van der Waals surface area contributed by atoms with Gasteiger partial charge in [-0.1, -0.05) is 17.7 Å². The van der Waals surface area contributed by atoms with Crippen LogP contribution in [0.3, 0.4) is 0 Å². The van der Waals surface area contributed by atoms with E-state index in [2.05, 4.69) is 11.8 Å². The van der Waals surface area contributed by atoms with Crippen molar-refractivity contribution in [1.29, 1.82) is 0 Å². The Balaban J connectivity index is 2.78. The third-order valence-electron chi connectivity index (χ3n) is 1.25. The predicted molar refractivity (Wildman–Crippen MR) is 55.8 cm³/mol. The lowest BCUT2D eigenvalue weighted by Gasteiger charge is -2.05. The molecule has 0 fully saturated rings. The number of benzene rings is 1. The van der Waals surface area contributed by atoms with Crippen molar-refractivity contribution >= 4 is 28.9 Å². The molecule has 2 nitrogen and oxygen atoms in total. The van der Waals surface area contributed by atoms with Gasteiger partial charge < -0.3 is 9.79 Å². The fourth-order valence-electron chi connectivity index (χ4n) is 0.736. The molecule has 12 heavy (non-hydrogen) atoms. The van der Waals surface area contributed by atoms with Gasteiger partial charge >= 0.3 is 0 Å². The van der Waals surface area contributed by atoms with E-state index in [1.54, 1.807) is 0 Å². The summed E-state index contributed by atoms with van der Waals surface area (Å²) in [5.41, 5.74) is -2.01. The first kappa shape index (κ1) is 10.2. The number of rotatable bonds is 2.